The van der Waals surface area contributed by atoms with Crippen molar-refractivity contribution in [2.24, 2.45) is 0 Å². The van der Waals surface area contributed by atoms with Gasteiger partial charge in [0.05, 0.1) is 23.8 Å². The standard InChI is InChI=1S/C21H15N3O6S/c1-11-22-23-21(31-11)24-18(26)15-7-6-13(9-16(15)19(24)27)20(28)30-10-17(25)12-4-3-5-14(8-12)29-2/h3-9H,10H2,1-2H3. The molecule has 3 aromatic rings. The van der Waals surface area contributed by atoms with Crippen LogP contribution in [0.1, 0.15) is 46.4 Å². The molecule has 0 spiro atoms. The van der Waals surface area contributed by atoms with Crippen LogP contribution >= 0.6 is 11.3 Å². The zero-order valence-electron chi connectivity index (χ0n) is 16.4. The van der Waals surface area contributed by atoms with Gasteiger partial charge in [0.1, 0.15) is 10.8 Å². The van der Waals surface area contributed by atoms with E-state index in [9.17, 15) is 19.2 Å². The Morgan fingerprint density at radius 2 is 1.77 bits per heavy atom. The molecule has 0 atom stereocenters. The monoisotopic (exact) mass is 437 g/mol. The highest BCUT2D eigenvalue weighted by atomic mass is 32.1. The van der Waals surface area contributed by atoms with E-state index in [-0.39, 0.29) is 21.8 Å². The molecule has 2 amide bonds. The number of Topliss-reactive ketones (excluding diaryl/α,β-unsaturated/α-hetero) is 1. The molecule has 0 bridgehead atoms. The molecular formula is C21H15N3O6S. The summed E-state index contributed by atoms with van der Waals surface area (Å²) in [7, 11) is 1.48. The predicted molar refractivity (Wildman–Crippen MR) is 110 cm³/mol. The fraction of sp³-hybridized carbons (Fsp3) is 0.143. The molecule has 2 aromatic carbocycles. The third kappa shape index (κ3) is 3.80. The fourth-order valence-electron chi connectivity index (χ4n) is 3.01. The van der Waals surface area contributed by atoms with E-state index in [1.54, 1.807) is 31.2 Å². The number of benzene rings is 2. The van der Waals surface area contributed by atoms with Crippen LogP contribution < -0.4 is 9.64 Å². The molecular weight excluding hydrogens is 422 g/mol. The van der Waals surface area contributed by atoms with Crippen molar-refractivity contribution in [3.63, 3.8) is 0 Å². The zero-order chi connectivity index (χ0) is 22.1. The Kier molecular flexibility index (Phi) is 5.30. The van der Waals surface area contributed by atoms with Gasteiger partial charge in [-0.05, 0) is 37.3 Å². The van der Waals surface area contributed by atoms with Crippen molar-refractivity contribution in [3.05, 3.63) is 69.7 Å². The van der Waals surface area contributed by atoms with Crippen molar-refractivity contribution < 1.29 is 28.7 Å². The van der Waals surface area contributed by atoms with E-state index in [4.69, 9.17) is 9.47 Å². The number of aryl methyl sites for hydroxylation is 1. The number of hydrogen-bond acceptors (Lipinski definition) is 9. The van der Waals surface area contributed by atoms with Crippen LogP contribution in [0.4, 0.5) is 5.13 Å². The van der Waals surface area contributed by atoms with Gasteiger partial charge in [-0.2, -0.15) is 0 Å². The topological polar surface area (TPSA) is 116 Å². The second-order valence-corrected chi connectivity index (χ2v) is 7.70. The van der Waals surface area contributed by atoms with Gasteiger partial charge in [-0.3, -0.25) is 14.4 Å². The summed E-state index contributed by atoms with van der Waals surface area (Å²) in [5, 5.41) is 8.44. The van der Waals surface area contributed by atoms with E-state index in [0.717, 1.165) is 16.2 Å². The van der Waals surface area contributed by atoms with Crippen LogP contribution in [0.25, 0.3) is 0 Å². The first-order valence-electron chi connectivity index (χ1n) is 9.06. The summed E-state index contributed by atoms with van der Waals surface area (Å²) in [4.78, 5) is 51.0. The fourth-order valence-corrected chi connectivity index (χ4v) is 3.70. The predicted octanol–water partition coefficient (Wildman–Crippen LogP) is 2.70. The quantitative estimate of drug-likeness (QED) is 0.328. The highest BCUT2D eigenvalue weighted by molar-refractivity contribution is 7.15. The third-order valence-electron chi connectivity index (χ3n) is 4.55. The molecule has 1 aliphatic rings. The second kappa shape index (κ2) is 8.07. The van der Waals surface area contributed by atoms with Gasteiger partial charge in [0, 0.05) is 5.56 Å². The van der Waals surface area contributed by atoms with Crippen LogP contribution in [-0.4, -0.2) is 47.5 Å². The lowest BCUT2D eigenvalue weighted by molar-refractivity contribution is 0.0474. The van der Waals surface area contributed by atoms with E-state index >= 15 is 0 Å². The summed E-state index contributed by atoms with van der Waals surface area (Å²) in [5.74, 6) is -1.82. The SMILES string of the molecule is COc1cccc(C(=O)COC(=O)c2ccc3c(c2)C(=O)N(c2nnc(C)s2)C3=O)c1. The summed E-state index contributed by atoms with van der Waals surface area (Å²) in [6, 6.07) is 10.5. The van der Waals surface area contributed by atoms with Gasteiger partial charge in [-0.25, -0.2) is 9.69 Å². The first-order chi connectivity index (χ1) is 14.9. The molecule has 0 unspecified atom stereocenters. The Bertz CT molecular complexity index is 1240. The van der Waals surface area contributed by atoms with E-state index in [2.05, 4.69) is 10.2 Å². The van der Waals surface area contributed by atoms with Crippen molar-refractivity contribution in [2.45, 2.75) is 6.92 Å². The molecule has 0 aliphatic carbocycles. The maximum absolute atomic E-state index is 12.7. The Labute approximate surface area is 180 Å². The largest absolute Gasteiger partial charge is 0.497 e. The van der Waals surface area contributed by atoms with Gasteiger partial charge in [0.15, 0.2) is 12.4 Å². The van der Waals surface area contributed by atoms with Gasteiger partial charge < -0.3 is 9.47 Å². The third-order valence-corrected chi connectivity index (χ3v) is 5.38. The number of carbonyl (C=O) groups is 4. The zero-order valence-corrected chi connectivity index (χ0v) is 17.3. The number of rotatable bonds is 6. The van der Waals surface area contributed by atoms with Crippen LogP contribution in [0.15, 0.2) is 42.5 Å². The van der Waals surface area contributed by atoms with Gasteiger partial charge in [0.25, 0.3) is 11.8 Å². The molecule has 10 heteroatoms. The lowest BCUT2D eigenvalue weighted by atomic mass is 10.1. The number of hydrogen-bond donors (Lipinski definition) is 0. The van der Waals surface area contributed by atoms with Crippen LogP contribution in [-0.2, 0) is 4.74 Å². The van der Waals surface area contributed by atoms with E-state index in [1.807, 2.05) is 0 Å². The van der Waals surface area contributed by atoms with Crippen molar-refractivity contribution in [1.82, 2.24) is 10.2 Å². The number of nitrogens with zero attached hydrogens (tertiary/aromatic N) is 3. The number of fused-ring (bicyclic) bond motifs is 1. The normalized spacial score (nSPS) is 12.6. The van der Waals surface area contributed by atoms with Crippen molar-refractivity contribution >= 4 is 40.0 Å². The van der Waals surface area contributed by atoms with E-state index < -0.39 is 30.2 Å². The number of carbonyl (C=O) groups excluding carboxylic acids is 4. The van der Waals surface area contributed by atoms with E-state index in [0.29, 0.717) is 16.3 Å². The molecule has 0 radical (unpaired) electrons. The van der Waals surface area contributed by atoms with Crippen molar-refractivity contribution in [2.75, 3.05) is 18.6 Å². The van der Waals surface area contributed by atoms with Gasteiger partial charge in [0.2, 0.25) is 5.13 Å². The van der Waals surface area contributed by atoms with Crippen LogP contribution in [0.2, 0.25) is 0 Å². The minimum Gasteiger partial charge on any atom is -0.497 e. The number of ether oxygens (including phenoxy) is 2. The molecule has 0 saturated carbocycles. The molecule has 0 saturated heterocycles. The van der Waals surface area contributed by atoms with Crippen LogP contribution in [0.5, 0.6) is 5.75 Å². The average Bonchev–Trinajstić information content (AvgIpc) is 3.31. The number of imide groups is 1. The Morgan fingerprint density at radius 1 is 1.00 bits per heavy atom. The molecule has 0 N–H and O–H groups in total. The Hall–Kier alpha value is -3.92. The number of aromatic nitrogens is 2. The molecule has 9 nitrogen and oxygen atoms in total. The molecule has 156 valence electrons. The number of esters is 1. The van der Waals surface area contributed by atoms with E-state index in [1.165, 1.54) is 25.3 Å². The lowest BCUT2D eigenvalue weighted by Gasteiger charge is -2.07. The molecule has 2 heterocycles. The highest BCUT2D eigenvalue weighted by Gasteiger charge is 2.39. The lowest BCUT2D eigenvalue weighted by Crippen LogP contribution is -2.29. The summed E-state index contributed by atoms with van der Waals surface area (Å²) in [5.41, 5.74) is 0.604. The molecule has 1 aliphatic heterocycles. The summed E-state index contributed by atoms with van der Waals surface area (Å²) in [6.45, 7) is 1.23. The number of methoxy groups -OCH3 is 1. The van der Waals surface area contributed by atoms with Crippen LogP contribution in [0, 0.1) is 6.92 Å². The number of amides is 2. The second-order valence-electron chi connectivity index (χ2n) is 6.54. The summed E-state index contributed by atoms with van der Waals surface area (Å²) in [6.07, 6.45) is 0. The molecule has 0 fully saturated rings. The Balaban J connectivity index is 1.49. The molecule has 31 heavy (non-hydrogen) atoms. The summed E-state index contributed by atoms with van der Waals surface area (Å²) < 4.78 is 10.2. The first kappa shape index (κ1) is 20.4. The smallest absolute Gasteiger partial charge is 0.338 e. The van der Waals surface area contributed by atoms with Gasteiger partial charge in [-0.15, -0.1) is 10.2 Å². The minimum atomic E-state index is -0.787. The van der Waals surface area contributed by atoms with Crippen molar-refractivity contribution in [1.29, 1.82) is 0 Å². The minimum absolute atomic E-state index is 0.0497. The maximum atomic E-state index is 12.7. The highest BCUT2D eigenvalue weighted by Crippen LogP contribution is 2.31. The maximum Gasteiger partial charge on any atom is 0.338 e. The number of ketones is 1. The Morgan fingerprint density at radius 3 is 2.48 bits per heavy atom. The van der Waals surface area contributed by atoms with Crippen LogP contribution in [0.3, 0.4) is 0 Å². The molecule has 1 aromatic heterocycles. The summed E-state index contributed by atoms with van der Waals surface area (Å²) >= 11 is 1.11. The van der Waals surface area contributed by atoms with Gasteiger partial charge in [-0.1, -0.05) is 23.5 Å². The molecule has 4 rings (SSSR count). The van der Waals surface area contributed by atoms with Crippen molar-refractivity contribution in [3.8, 4) is 5.75 Å². The van der Waals surface area contributed by atoms with Gasteiger partial charge >= 0.3 is 5.97 Å². The first-order valence-corrected chi connectivity index (χ1v) is 9.88. The number of anilines is 1. The average molecular weight is 437 g/mol.